The number of hydrogen-bond acceptors (Lipinski definition) is 9. The van der Waals surface area contributed by atoms with Crippen LogP contribution in [0.1, 0.15) is 29.7 Å². The summed E-state index contributed by atoms with van der Waals surface area (Å²) in [5.41, 5.74) is 1.75. The lowest BCUT2D eigenvalue weighted by Gasteiger charge is -2.55. The number of H-pyrrole nitrogens is 1. The number of phenols is 1. The van der Waals surface area contributed by atoms with Crippen LogP contribution in [0.3, 0.4) is 0 Å². The number of nitrogens with zero attached hydrogens (tertiary/aromatic N) is 2. The van der Waals surface area contributed by atoms with E-state index in [1.807, 2.05) is 0 Å². The van der Waals surface area contributed by atoms with Crippen LogP contribution in [0.2, 0.25) is 0 Å². The Hall–Kier alpha value is -3.12. The Balaban J connectivity index is 1.87. The number of Topliss-reactive ketones (excluding diaryl/α,β-unsaturated/α-hetero) is 2. The van der Waals surface area contributed by atoms with Gasteiger partial charge in [-0.15, -0.1) is 0 Å². The van der Waals surface area contributed by atoms with E-state index in [-0.39, 0.29) is 28.3 Å². The Morgan fingerprint density at radius 1 is 1.24 bits per heavy atom. The third kappa shape index (κ3) is 2.37. The molecule has 1 saturated carbocycles. The minimum atomic E-state index is -2.52. The zero-order valence-corrected chi connectivity index (χ0v) is 18.1. The number of aromatic hydroxyl groups is 1. The molecule has 11 heteroatoms. The number of amides is 1. The molecule has 1 heterocycles. The molecule has 0 radical (unpaired) electrons. The van der Waals surface area contributed by atoms with Crippen LogP contribution in [0.15, 0.2) is 18.2 Å². The molecule has 3 aliphatic rings. The van der Waals surface area contributed by atoms with Crippen molar-refractivity contribution in [2.45, 2.75) is 36.2 Å². The quantitative estimate of drug-likeness (QED) is 0.290. The highest BCUT2D eigenvalue weighted by atomic mass is 16.3. The number of ketones is 2. The third-order valence-corrected chi connectivity index (χ3v) is 7.51. The van der Waals surface area contributed by atoms with Gasteiger partial charge in [-0.1, -0.05) is 12.1 Å². The fourth-order valence-corrected chi connectivity index (χ4v) is 6.16. The highest BCUT2D eigenvalue weighted by molar-refractivity contribution is 6.24. The summed E-state index contributed by atoms with van der Waals surface area (Å²) in [7, 11) is 3.04. The minimum absolute atomic E-state index is 0.137. The van der Waals surface area contributed by atoms with Crippen LogP contribution in [0.5, 0.6) is 5.75 Å². The molecule has 7 N–H and O–H groups in total. The van der Waals surface area contributed by atoms with E-state index in [1.54, 1.807) is 12.1 Å². The molecule has 0 saturated heterocycles. The summed E-state index contributed by atoms with van der Waals surface area (Å²) in [4.78, 5) is 40.1. The molecule has 1 fully saturated rings. The van der Waals surface area contributed by atoms with Crippen molar-refractivity contribution < 1.29 is 34.8 Å². The van der Waals surface area contributed by atoms with Crippen molar-refractivity contribution >= 4 is 17.5 Å². The molecule has 3 aliphatic carbocycles. The number of nitrogens with two attached hydrogens (primary N) is 1. The van der Waals surface area contributed by atoms with Gasteiger partial charge >= 0.3 is 0 Å². The van der Waals surface area contributed by atoms with Crippen molar-refractivity contribution in [3.05, 3.63) is 35.0 Å². The van der Waals surface area contributed by atoms with Gasteiger partial charge in [0.2, 0.25) is 5.91 Å². The molecular formula is C22H24N4O7. The summed E-state index contributed by atoms with van der Waals surface area (Å²) >= 11 is 0. The first-order chi connectivity index (χ1) is 15.4. The molecule has 0 aliphatic heterocycles. The molecule has 0 bridgehead atoms. The fourth-order valence-electron chi connectivity index (χ4n) is 6.16. The monoisotopic (exact) mass is 456 g/mol. The summed E-state index contributed by atoms with van der Waals surface area (Å²) in [6, 6.07) is 3.27. The molecule has 33 heavy (non-hydrogen) atoms. The molecule has 1 amide bonds. The average Bonchev–Trinajstić information content (AvgIpc) is 3.14. The van der Waals surface area contributed by atoms with E-state index in [2.05, 4.69) is 10.2 Å². The Morgan fingerprint density at radius 2 is 1.91 bits per heavy atom. The van der Waals surface area contributed by atoms with E-state index in [4.69, 9.17) is 5.73 Å². The Bertz CT molecular complexity index is 1240. The third-order valence-electron chi connectivity index (χ3n) is 7.51. The lowest BCUT2D eigenvalue weighted by Crippen LogP contribution is -2.71. The van der Waals surface area contributed by atoms with Crippen LogP contribution >= 0.6 is 0 Å². The highest BCUT2D eigenvalue weighted by Gasteiger charge is 2.70. The Kier molecular flexibility index (Phi) is 4.26. The Morgan fingerprint density at radius 3 is 2.52 bits per heavy atom. The molecule has 1 aromatic carbocycles. The molecule has 11 nitrogen and oxygen atoms in total. The standard InChI is InChI=1S/C22H24N4O7/c1-21(32)7-5-4-6-8(27)9(7)14-10-12(21)17(29)13-15(26(2)3)16(28)11(20(23)31)19(30)22(13,33)18(10)25-24-14/h4-6,11-13,15,17,27,29,32-33H,1-3H3,(H2,23,31)(H,24,25)/t11?,12-,13-,15+,17+,21-,22+/m1/s1. The van der Waals surface area contributed by atoms with E-state index in [9.17, 15) is 34.8 Å². The van der Waals surface area contributed by atoms with Crippen molar-refractivity contribution in [1.29, 1.82) is 0 Å². The van der Waals surface area contributed by atoms with Crippen LogP contribution in [0.25, 0.3) is 11.3 Å². The minimum Gasteiger partial charge on any atom is -0.507 e. The summed E-state index contributed by atoms with van der Waals surface area (Å²) < 4.78 is 0. The zero-order chi connectivity index (χ0) is 24.2. The average molecular weight is 456 g/mol. The number of carbonyl (C=O) groups excluding carboxylic acids is 3. The number of primary amides is 1. The summed E-state index contributed by atoms with van der Waals surface area (Å²) in [6.45, 7) is 1.45. The number of likely N-dealkylation sites (N-methyl/N-ethyl adjacent to an activating group) is 1. The number of carbonyl (C=O) groups is 3. The van der Waals surface area contributed by atoms with Gasteiger partial charge in [0.15, 0.2) is 23.1 Å². The van der Waals surface area contributed by atoms with Gasteiger partial charge < -0.3 is 26.2 Å². The van der Waals surface area contributed by atoms with Crippen molar-refractivity contribution in [3.8, 4) is 17.0 Å². The van der Waals surface area contributed by atoms with Gasteiger partial charge in [0.25, 0.3) is 0 Å². The van der Waals surface area contributed by atoms with Crippen molar-refractivity contribution in [2.75, 3.05) is 14.1 Å². The highest BCUT2D eigenvalue weighted by Crippen LogP contribution is 2.61. The van der Waals surface area contributed by atoms with E-state index < -0.39 is 58.6 Å². The smallest absolute Gasteiger partial charge is 0.235 e. The van der Waals surface area contributed by atoms with Gasteiger partial charge in [0.05, 0.1) is 34.9 Å². The van der Waals surface area contributed by atoms with Gasteiger partial charge in [-0.25, -0.2) is 0 Å². The van der Waals surface area contributed by atoms with Crippen LogP contribution in [0, 0.1) is 11.8 Å². The maximum absolute atomic E-state index is 13.4. The van der Waals surface area contributed by atoms with Crippen molar-refractivity contribution in [3.63, 3.8) is 0 Å². The second-order valence-electron chi connectivity index (χ2n) is 9.48. The maximum Gasteiger partial charge on any atom is 0.235 e. The number of hydrogen-bond donors (Lipinski definition) is 6. The van der Waals surface area contributed by atoms with Crippen molar-refractivity contribution in [1.82, 2.24) is 15.1 Å². The first-order valence-electron chi connectivity index (χ1n) is 10.4. The SMILES string of the molecule is CN(C)[C@@H]1C(=O)C(C(N)=O)C(=O)[C@@]2(O)c3[nH]nc4c3[C@H]([C@H](O)[C@@H]12)[C@](C)(O)c1cccc(O)c1-4. The number of phenolic OH excluding ortho intramolecular Hbond substituents is 1. The first kappa shape index (κ1) is 21.7. The number of aromatic amines is 1. The summed E-state index contributed by atoms with van der Waals surface area (Å²) in [6.07, 6.45) is -1.60. The predicted molar refractivity (Wildman–Crippen MR) is 112 cm³/mol. The molecule has 2 aromatic rings. The van der Waals surface area contributed by atoms with Gasteiger partial charge in [-0.05, 0) is 32.6 Å². The Labute approximate surface area is 187 Å². The number of benzene rings is 1. The molecule has 174 valence electrons. The molecule has 5 rings (SSSR count). The predicted octanol–water partition coefficient (Wildman–Crippen LogP) is -1.55. The molecule has 7 atom stereocenters. The van der Waals surface area contributed by atoms with Crippen LogP contribution in [-0.2, 0) is 25.6 Å². The zero-order valence-electron chi connectivity index (χ0n) is 18.1. The lowest BCUT2D eigenvalue weighted by atomic mass is 9.52. The fraction of sp³-hybridized carbons (Fsp3) is 0.455. The molecule has 1 aromatic heterocycles. The summed E-state index contributed by atoms with van der Waals surface area (Å²) in [5, 5.41) is 52.5. The van der Waals surface area contributed by atoms with Crippen LogP contribution in [0.4, 0.5) is 0 Å². The van der Waals surface area contributed by atoms with Gasteiger partial charge in [-0.3, -0.25) is 24.4 Å². The number of nitrogens with one attached hydrogen (secondary N) is 1. The van der Waals surface area contributed by atoms with Crippen LogP contribution in [-0.4, -0.2) is 79.2 Å². The van der Waals surface area contributed by atoms with Crippen LogP contribution < -0.4 is 5.73 Å². The first-order valence-corrected chi connectivity index (χ1v) is 10.4. The lowest BCUT2D eigenvalue weighted by molar-refractivity contribution is -0.190. The van der Waals surface area contributed by atoms with E-state index >= 15 is 0 Å². The molecule has 0 spiro atoms. The summed E-state index contributed by atoms with van der Waals surface area (Å²) in [5.74, 6) is -7.84. The maximum atomic E-state index is 13.4. The topological polar surface area (TPSA) is 190 Å². The molecular weight excluding hydrogens is 432 g/mol. The number of aliphatic hydroxyl groups is 3. The van der Waals surface area contributed by atoms with E-state index in [1.165, 1.54) is 32.0 Å². The normalized spacial score (nSPS) is 36.9. The number of fused-ring (bicyclic) bond motifs is 4. The van der Waals surface area contributed by atoms with Crippen molar-refractivity contribution in [2.24, 2.45) is 17.6 Å². The van der Waals surface area contributed by atoms with E-state index in [0.717, 1.165) is 0 Å². The van der Waals surface area contributed by atoms with Gasteiger partial charge in [0, 0.05) is 11.5 Å². The largest absolute Gasteiger partial charge is 0.507 e. The number of aliphatic hydroxyl groups excluding tert-OH is 1. The van der Waals surface area contributed by atoms with E-state index in [0.29, 0.717) is 5.56 Å². The second kappa shape index (κ2) is 6.48. The second-order valence-corrected chi connectivity index (χ2v) is 9.48. The van der Waals surface area contributed by atoms with Gasteiger partial charge in [-0.2, -0.15) is 5.10 Å². The molecule has 1 unspecified atom stereocenters. The number of rotatable bonds is 2. The van der Waals surface area contributed by atoms with Gasteiger partial charge in [0.1, 0.15) is 11.4 Å². The number of aromatic nitrogens is 2.